The molecule has 1 aromatic carbocycles. The molecular weight excluding hydrogens is 390 g/mol. The van der Waals surface area contributed by atoms with Gasteiger partial charge in [0.1, 0.15) is 0 Å². The lowest BCUT2D eigenvalue weighted by molar-refractivity contribution is 0.286. The van der Waals surface area contributed by atoms with Crippen LogP contribution in [0.1, 0.15) is 35.5 Å². The van der Waals surface area contributed by atoms with Crippen LogP contribution in [0.5, 0.6) is 0 Å². The summed E-state index contributed by atoms with van der Waals surface area (Å²) in [5.41, 5.74) is 4.68. The summed E-state index contributed by atoms with van der Waals surface area (Å²) in [6.45, 7) is 4.08. The molecule has 6 heteroatoms. The average molecular weight is 420 g/mol. The van der Waals surface area contributed by atoms with Crippen molar-refractivity contribution in [3.63, 3.8) is 0 Å². The number of para-hydroxylation sites is 1. The zero-order valence-electron chi connectivity index (χ0n) is 17.8. The summed E-state index contributed by atoms with van der Waals surface area (Å²) in [5.74, 6) is 0. The molecular formula is C24H29N5S. The average Bonchev–Trinajstić information content (AvgIpc) is 3.33. The molecule has 1 aliphatic heterocycles. The summed E-state index contributed by atoms with van der Waals surface area (Å²) in [4.78, 5) is 9.20. The predicted octanol–water partition coefficient (Wildman–Crippen LogP) is 4.10. The lowest BCUT2D eigenvalue weighted by atomic mass is 10.0. The minimum absolute atomic E-state index is 0.00993. The molecule has 5 nitrogen and oxygen atoms in total. The minimum atomic E-state index is 0.00993. The van der Waals surface area contributed by atoms with Gasteiger partial charge in [0.05, 0.1) is 17.8 Å². The van der Waals surface area contributed by atoms with Crippen molar-refractivity contribution in [1.29, 1.82) is 0 Å². The van der Waals surface area contributed by atoms with Crippen molar-refractivity contribution < 1.29 is 0 Å². The highest BCUT2D eigenvalue weighted by atomic mass is 32.1. The van der Waals surface area contributed by atoms with E-state index in [4.69, 9.17) is 12.2 Å². The van der Waals surface area contributed by atoms with E-state index in [2.05, 4.69) is 94.3 Å². The zero-order valence-corrected chi connectivity index (χ0v) is 18.6. The van der Waals surface area contributed by atoms with Gasteiger partial charge in [-0.2, -0.15) is 0 Å². The van der Waals surface area contributed by atoms with Crippen molar-refractivity contribution in [3.8, 4) is 5.69 Å². The fraction of sp³-hybridized carbons (Fsp3) is 0.333. The van der Waals surface area contributed by atoms with Crippen LogP contribution in [-0.2, 0) is 0 Å². The van der Waals surface area contributed by atoms with Crippen LogP contribution in [0, 0.1) is 6.92 Å². The standard InChI is InChI=1S/C24H29N5S/c1-18-10-4-5-12-20(18)28-16-8-13-21(28)23-22(19-11-6-7-14-25-19)26-24(30)29(23)17-9-15-27(2)3/h4-8,10-14,16,22-23H,9,15,17H2,1-3H3,(H,26,30). The molecule has 1 fully saturated rings. The quantitative estimate of drug-likeness (QED) is 0.584. The van der Waals surface area contributed by atoms with Crippen molar-refractivity contribution in [2.75, 3.05) is 27.2 Å². The topological polar surface area (TPSA) is 36.3 Å². The van der Waals surface area contributed by atoms with E-state index in [0.29, 0.717) is 0 Å². The Hall–Kier alpha value is -2.70. The molecule has 2 aromatic heterocycles. The summed E-state index contributed by atoms with van der Waals surface area (Å²) in [5, 5.41) is 4.36. The van der Waals surface area contributed by atoms with Crippen molar-refractivity contribution in [1.82, 2.24) is 24.7 Å². The molecule has 3 heterocycles. The maximum atomic E-state index is 5.80. The lowest BCUT2D eigenvalue weighted by Crippen LogP contribution is -2.33. The van der Waals surface area contributed by atoms with E-state index in [1.807, 2.05) is 18.3 Å². The number of hydrogen-bond donors (Lipinski definition) is 1. The Balaban J connectivity index is 1.75. The largest absolute Gasteiger partial charge is 0.352 e. The summed E-state index contributed by atoms with van der Waals surface area (Å²) in [6, 6.07) is 19.0. The van der Waals surface area contributed by atoms with Gasteiger partial charge >= 0.3 is 0 Å². The van der Waals surface area contributed by atoms with Crippen LogP contribution in [-0.4, -0.2) is 51.6 Å². The van der Waals surface area contributed by atoms with E-state index in [9.17, 15) is 0 Å². The molecule has 4 rings (SSSR count). The van der Waals surface area contributed by atoms with E-state index >= 15 is 0 Å². The molecule has 1 saturated heterocycles. The first-order valence-corrected chi connectivity index (χ1v) is 10.8. The van der Waals surface area contributed by atoms with Gasteiger partial charge in [-0.3, -0.25) is 4.98 Å². The fourth-order valence-electron chi connectivity index (χ4n) is 4.21. The molecule has 0 saturated carbocycles. The van der Waals surface area contributed by atoms with Crippen LogP contribution in [0.3, 0.4) is 0 Å². The molecule has 0 radical (unpaired) electrons. The summed E-state index contributed by atoms with van der Waals surface area (Å²) in [7, 11) is 4.22. The maximum absolute atomic E-state index is 5.80. The first-order chi connectivity index (χ1) is 14.6. The van der Waals surface area contributed by atoms with Crippen LogP contribution >= 0.6 is 12.2 Å². The van der Waals surface area contributed by atoms with Crippen LogP contribution in [0.15, 0.2) is 67.0 Å². The number of aromatic nitrogens is 2. The van der Waals surface area contributed by atoms with E-state index in [-0.39, 0.29) is 12.1 Å². The molecule has 30 heavy (non-hydrogen) atoms. The third kappa shape index (κ3) is 4.11. The Morgan fingerprint density at radius 1 is 1.07 bits per heavy atom. The van der Waals surface area contributed by atoms with Crippen molar-refractivity contribution in [2.45, 2.75) is 25.4 Å². The Morgan fingerprint density at radius 3 is 2.60 bits per heavy atom. The summed E-state index contributed by atoms with van der Waals surface area (Å²) >= 11 is 5.80. The van der Waals surface area contributed by atoms with E-state index in [1.165, 1.54) is 16.9 Å². The Labute approximate surface area is 184 Å². The van der Waals surface area contributed by atoms with Crippen LogP contribution in [0.25, 0.3) is 5.69 Å². The summed E-state index contributed by atoms with van der Waals surface area (Å²) < 4.78 is 2.30. The smallest absolute Gasteiger partial charge is 0.170 e. The van der Waals surface area contributed by atoms with Gasteiger partial charge in [0.15, 0.2) is 5.11 Å². The molecule has 0 amide bonds. The summed E-state index contributed by atoms with van der Waals surface area (Å²) in [6.07, 6.45) is 5.05. The van der Waals surface area contributed by atoms with Crippen LogP contribution in [0.4, 0.5) is 0 Å². The van der Waals surface area contributed by atoms with E-state index in [0.717, 1.165) is 30.3 Å². The predicted molar refractivity (Wildman–Crippen MR) is 126 cm³/mol. The Bertz CT molecular complexity index is 998. The van der Waals surface area contributed by atoms with Crippen LogP contribution in [0.2, 0.25) is 0 Å². The molecule has 2 atom stereocenters. The fourth-order valence-corrected chi connectivity index (χ4v) is 4.55. The molecule has 1 aliphatic rings. The molecule has 0 bridgehead atoms. The number of thiocarbonyl (C=S) groups is 1. The number of nitrogens with one attached hydrogen (secondary N) is 1. The van der Waals surface area contributed by atoms with Gasteiger partial charge in [0, 0.05) is 30.3 Å². The third-order valence-corrected chi connectivity index (χ3v) is 6.01. The number of benzene rings is 1. The van der Waals surface area contributed by atoms with Crippen LogP contribution < -0.4 is 5.32 Å². The lowest BCUT2D eigenvalue weighted by Gasteiger charge is -2.29. The number of hydrogen-bond acceptors (Lipinski definition) is 3. The Morgan fingerprint density at radius 2 is 1.87 bits per heavy atom. The second kappa shape index (κ2) is 8.98. The molecule has 156 valence electrons. The zero-order chi connectivity index (χ0) is 21.1. The van der Waals surface area contributed by atoms with Gasteiger partial charge < -0.3 is 19.7 Å². The van der Waals surface area contributed by atoms with E-state index < -0.39 is 0 Å². The third-order valence-electron chi connectivity index (χ3n) is 5.66. The first-order valence-electron chi connectivity index (χ1n) is 10.4. The SMILES string of the molecule is Cc1ccccc1-n1cccc1C1C(c2ccccn2)NC(=S)N1CCCN(C)C. The number of aryl methyl sites for hydroxylation is 1. The molecule has 2 unspecified atom stereocenters. The van der Waals surface area contributed by atoms with Gasteiger partial charge in [-0.05, 0) is 82.1 Å². The highest BCUT2D eigenvalue weighted by Crippen LogP contribution is 2.39. The van der Waals surface area contributed by atoms with Gasteiger partial charge in [-0.1, -0.05) is 24.3 Å². The van der Waals surface area contributed by atoms with Gasteiger partial charge in [0.25, 0.3) is 0 Å². The normalized spacial score (nSPS) is 18.8. The monoisotopic (exact) mass is 419 g/mol. The van der Waals surface area contributed by atoms with Crippen molar-refractivity contribution in [2.24, 2.45) is 0 Å². The highest BCUT2D eigenvalue weighted by Gasteiger charge is 2.41. The molecule has 0 aliphatic carbocycles. The molecule has 1 N–H and O–H groups in total. The number of rotatable bonds is 7. The van der Waals surface area contributed by atoms with E-state index in [1.54, 1.807) is 0 Å². The highest BCUT2D eigenvalue weighted by molar-refractivity contribution is 7.80. The minimum Gasteiger partial charge on any atom is -0.352 e. The van der Waals surface area contributed by atoms with Gasteiger partial charge in [-0.25, -0.2) is 0 Å². The second-order valence-corrected chi connectivity index (χ2v) is 8.45. The number of nitrogens with zero attached hydrogens (tertiary/aromatic N) is 4. The van der Waals surface area contributed by atoms with Crippen molar-refractivity contribution >= 4 is 17.3 Å². The maximum Gasteiger partial charge on any atom is 0.170 e. The number of pyridine rings is 1. The van der Waals surface area contributed by atoms with Gasteiger partial charge in [-0.15, -0.1) is 0 Å². The van der Waals surface area contributed by atoms with Crippen molar-refractivity contribution in [3.05, 3.63) is 83.9 Å². The first kappa shape index (κ1) is 20.6. The Kier molecular flexibility index (Phi) is 6.16. The second-order valence-electron chi connectivity index (χ2n) is 8.07. The molecule has 0 spiro atoms. The molecule has 3 aromatic rings. The van der Waals surface area contributed by atoms with Gasteiger partial charge in [0.2, 0.25) is 0 Å².